The number of carbonyl (C=O) groups is 1. The van der Waals surface area contributed by atoms with Crippen LogP contribution in [0.3, 0.4) is 0 Å². The summed E-state index contributed by atoms with van der Waals surface area (Å²) in [4.78, 5) is 11.2. The standard InChI is InChI=1S/C11H14F2N2O3/c1-2-18-11(17)8(13)9(15)6-3-5(12)4-7(14)10(6)16/h3-4,8-9,16H,2,14-15H2,1H3/t8?,9-/m0/s1. The second-order valence-corrected chi connectivity index (χ2v) is 3.61. The molecule has 7 heteroatoms. The molecule has 0 aliphatic rings. The van der Waals surface area contributed by atoms with Crippen LogP contribution in [-0.4, -0.2) is 23.9 Å². The van der Waals surface area contributed by atoms with Crippen molar-refractivity contribution >= 4 is 11.7 Å². The molecule has 2 atom stereocenters. The van der Waals surface area contributed by atoms with Crippen LogP contribution in [0.1, 0.15) is 18.5 Å². The molecule has 5 nitrogen and oxygen atoms in total. The molecule has 0 aliphatic carbocycles. The lowest BCUT2D eigenvalue weighted by Gasteiger charge is -2.17. The van der Waals surface area contributed by atoms with Gasteiger partial charge < -0.3 is 21.3 Å². The largest absolute Gasteiger partial charge is 0.505 e. The lowest BCUT2D eigenvalue weighted by atomic mass is 10.0. The number of ether oxygens (including phenoxy) is 1. The zero-order valence-electron chi connectivity index (χ0n) is 9.69. The molecule has 18 heavy (non-hydrogen) atoms. The third kappa shape index (κ3) is 2.86. The molecule has 0 radical (unpaired) electrons. The van der Waals surface area contributed by atoms with Crippen LogP contribution in [0.5, 0.6) is 5.75 Å². The number of phenolic OH excluding ortho intramolecular Hbond substituents is 1. The first-order valence-electron chi connectivity index (χ1n) is 5.22. The van der Waals surface area contributed by atoms with Crippen LogP contribution in [0.25, 0.3) is 0 Å². The fraction of sp³-hybridized carbons (Fsp3) is 0.364. The van der Waals surface area contributed by atoms with Crippen molar-refractivity contribution in [2.24, 2.45) is 5.73 Å². The lowest BCUT2D eigenvalue weighted by Crippen LogP contribution is -2.31. The molecular formula is C11H14F2N2O3. The quantitative estimate of drug-likeness (QED) is 0.426. The Balaban J connectivity index is 3.03. The molecule has 1 aromatic rings. The third-order valence-corrected chi connectivity index (χ3v) is 2.32. The summed E-state index contributed by atoms with van der Waals surface area (Å²) in [5, 5.41) is 9.56. The van der Waals surface area contributed by atoms with Crippen LogP contribution in [0.4, 0.5) is 14.5 Å². The number of carbonyl (C=O) groups excluding carboxylic acids is 1. The van der Waals surface area contributed by atoms with Gasteiger partial charge in [0.2, 0.25) is 6.17 Å². The molecular weight excluding hydrogens is 246 g/mol. The number of anilines is 1. The van der Waals surface area contributed by atoms with Crippen molar-refractivity contribution in [2.45, 2.75) is 19.1 Å². The van der Waals surface area contributed by atoms with E-state index in [2.05, 4.69) is 4.74 Å². The lowest BCUT2D eigenvalue weighted by molar-refractivity contribution is -0.149. The number of esters is 1. The van der Waals surface area contributed by atoms with Crippen molar-refractivity contribution in [2.75, 3.05) is 12.3 Å². The Bertz CT molecular complexity index is 454. The van der Waals surface area contributed by atoms with Crippen LogP contribution in [0.15, 0.2) is 12.1 Å². The van der Waals surface area contributed by atoms with Crippen molar-refractivity contribution in [1.82, 2.24) is 0 Å². The maximum absolute atomic E-state index is 13.6. The number of hydrogen-bond donors (Lipinski definition) is 3. The Morgan fingerprint density at radius 3 is 2.72 bits per heavy atom. The number of halogens is 2. The van der Waals surface area contributed by atoms with Gasteiger partial charge in [-0.15, -0.1) is 0 Å². The van der Waals surface area contributed by atoms with E-state index in [4.69, 9.17) is 11.5 Å². The van der Waals surface area contributed by atoms with Gasteiger partial charge in [0.05, 0.1) is 18.3 Å². The first kappa shape index (κ1) is 14.2. The summed E-state index contributed by atoms with van der Waals surface area (Å²) >= 11 is 0. The minimum atomic E-state index is -2.21. The Labute approximate surface area is 102 Å². The van der Waals surface area contributed by atoms with E-state index >= 15 is 0 Å². The predicted molar refractivity (Wildman–Crippen MR) is 60.9 cm³/mol. The molecule has 0 fully saturated rings. The Morgan fingerprint density at radius 1 is 1.56 bits per heavy atom. The Kier molecular flexibility index (Phi) is 4.43. The van der Waals surface area contributed by atoms with Gasteiger partial charge in [0, 0.05) is 11.6 Å². The summed E-state index contributed by atoms with van der Waals surface area (Å²) in [6, 6.07) is 0.132. The van der Waals surface area contributed by atoms with Gasteiger partial charge in [-0.1, -0.05) is 0 Å². The zero-order valence-corrected chi connectivity index (χ0v) is 9.69. The summed E-state index contributed by atoms with van der Waals surface area (Å²) in [6.07, 6.45) is -2.21. The number of nitrogens with two attached hydrogens (primary N) is 2. The monoisotopic (exact) mass is 260 g/mol. The van der Waals surface area contributed by atoms with E-state index in [0.29, 0.717) is 0 Å². The summed E-state index contributed by atoms with van der Waals surface area (Å²) in [5.74, 6) is -2.50. The summed E-state index contributed by atoms with van der Waals surface area (Å²) in [6.45, 7) is 1.50. The third-order valence-electron chi connectivity index (χ3n) is 2.32. The number of nitrogen functional groups attached to an aromatic ring is 1. The number of alkyl halides is 1. The van der Waals surface area contributed by atoms with Crippen molar-refractivity contribution < 1.29 is 23.4 Å². The molecule has 1 unspecified atom stereocenters. The molecule has 0 aromatic heterocycles. The number of aromatic hydroxyl groups is 1. The van der Waals surface area contributed by atoms with Crippen LogP contribution >= 0.6 is 0 Å². The molecule has 0 aliphatic heterocycles. The van der Waals surface area contributed by atoms with Crippen LogP contribution < -0.4 is 11.5 Å². The number of benzene rings is 1. The zero-order chi connectivity index (χ0) is 13.9. The highest BCUT2D eigenvalue weighted by molar-refractivity contribution is 5.76. The molecule has 0 saturated heterocycles. The van der Waals surface area contributed by atoms with Crippen LogP contribution in [-0.2, 0) is 9.53 Å². The van der Waals surface area contributed by atoms with Gasteiger partial charge in [0.15, 0.2) is 0 Å². The van der Waals surface area contributed by atoms with Gasteiger partial charge in [-0.05, 0) is 13.0 Å². The summed E-state index contributed by atoms with van der Waals surface area (Å²) in [7, 11) is 0. The van der Waals surface area contributed by atoms with Crippen molar-refractivity contribution in [3.63, 3.8) is 0 Å². The van der Waals surface area contributed by atoms with Gasteiger partial charge in [-0.25, -0.2) is 13.6 Å². The molecule has 0 saturated carbocycles. The van der Waals surface area contributed by atoms with Gasteiger partial charge in [-0.3, -0.25) is 0 Å². The van der Waals surface area contributed by atoms with Crippen molar-refractivity contribution in [3.05, 3.63) is 23.5 Å². The molecule has 0 amide bonds. The van der Waals surface area contributed by atoms with Crippen molar-refractivity contribution in [1.29, 1.82) is 0 Å². The van der Waals surface area contributed by atoms with E-state index in [1.165, 1.54) is 6.92 Å². The van der Waals surface area contributed by atoms with Gasteiger partial charge >= 0.3 is 5.97 Å². The normalized spacial score (nSPS) is 14.0. The van der Waals surface area contributed by atoms with Crippen LogP contribution in [0, 0.1) is 5.82 Å². The van der Waals surface area contributed by atoms with E-state index in [0.717, 1.165) is 12.1 Å². The van der Waals surface area contributed by atoms with Crippen LogP contribution in [0.2, 0.25) is 0 Å². The highest BCUT2D eigenvalue weighted by Gasteiger charge is 2.30. The Morgan fingerprint density at radius 2 is 2.17 bits per heavy atom. The smallest absolute Gasteiger partial charge is 0.342 e. The maximum atomic E-state index is 13.6. The second kappa shape index (κ2) is 5.63. The van der Waals surface area contributed by atoms with Gasteiger partial charge in [0.1, 0.15) is 11.6 Å². The second-order valence-electron chi connectivity index (χ2n) is 3.61. The maximum Gasteiger partial charge on any atom is 0.342 e. The predicted octanol–water partition coefficient (Wildman–Crippen LogP) is 1.01. The average Bonchev–Trinajstić information content (AvgIpc) is 2.32. The molecule has 5 N–H and O–H groups in total. The number of phenols is 1. The van der Waals surface area contributed by atoms with E-state index in [9.17, 15) is 18.7 Å². The average molecular weight is 260 g/mol. The topological polar surface area (TPSA) is 98.6 Å². The summed E-state index contributed by atoms with van der Waals surface area (Å²) in [5.41, 5.74) is 10.2. The fourth-order valence-corrected chi connectivity index (χ4v) is 1.42. The molecule has 100 valence electrons. The molecule has 0 heterocycles. The highest BCUT2D eigenvalue weighted by atomic mass is 19.1. The van der Waals surface area contributed by atoms with E-state index < -0.39 is 29.7 Å². The minimum absolute atomic E-state index is 0.0107. The SMILES string of the molecule is CCOC(=O)C(F)[C@@H](N)c1cc(F)cc(N)c1O. The number of rotatable bonds is 4. The first-order chi connectivity index (χ1) is 8.38. The Hall–Kier alpha value is -1.89. The molecule has 1 aromatic carbocycles. The van der Waals surface area contributed by atoms with E-state index in [-0.39, 0.29) is 17.9 Å². The van der Waals surface area contributed by atoms with Gasteiger partial charge in [-0.2, -0.15) is 0 Å². The molecule has 0 bridgehead atoms. The van der Waals surface area contributed by atoms with E-state index in [1.54, 1.807) is 0 Å². The van der Waals surface area contributed by atoms with Gasteiger partial charge in [0.25, 0.3) is 0 Å². The molecule has 0 spiro atoms. The summed E-state index contributed by atoms with van der Waals surface area (Å²) < 4.78 is 31.2. The minimum Gasteiger partial charge on any atom is -0.505 e. The molecule has 1 rings (SSSR count). The van der Waals surface area contributed by atoms with E-state index in [1.807, 2.05) is 0 Å². The first-order valence-corrected chi connectivity index (χ1v) is 5.22. The highest BCUT2D eigenvalue weighted by Crippen LogP contribution is 2.32. The van der Waals surface area contributed by atoms with Crippen molar-refractivity contribution in [3.8, 4) is 5.75 Å². The number of hydrogen-bond acceptors (Lipinski definition) is 5. The fourth-order valence-electron chi connectivity index (χ4n) is 1.42.